The van der Waals surface area contributed by atoms with Gasteiger partial charge in [-0.3, -0.25) is 4.55 Å². The van der Waals surface area contributed by atoms with E-state index in [1.165, 1.54) is 18.2 Å². The predicted molar refractivity (Wildman–Crippen MR) is 51.8 cm³/mol. The quantitative estimate of drug-likeness (QED) is 0.587. The van der Waals surface area contributed by atoms with Gasteiger partial charge in [0.2, 0.25) is 0 Å². The van der Waals surface area contributed by atoms with Gasteiger partial charge in [0.05, 0.1) is 4.90 Å². The van der Waals surface area contributed by atoms with Crippen molar-refractivity contribution < 1.29 is 13.0 Å². The standard InChI is InChI=1S/C7H7ClO3S.Na/c1-5-4-6(12(9,10)11)2-3-7(5)8;/h2-4H,1H3,(H,9,10,11);. The number of hydrogen-bond donors (Lipinski definition) is 1. The summed E-state index contributed by atoms with van der Waals surface area (Å²) < 4.78 is 29.9. The van der Waals surface area contributed by atoms with Crippen LogP contribution in [-0.4, -0.2) is 42.5 Å². The van der Waals surface area contributed by atoms with Gasteiger partial charge in [-0.2, -0.15) is 8.42 Å². The van der Waals surface area contributed by atoms with Gasteiger partial charge >= 0.3 is 0 Å². The molecule has 0 heterocycles. The zero-order valence-corrected chi connectivity index (χ0v) is 10.9. The maximum absolute atomic E-state index is 10.6. The number of benzene rings is 1. The van der Waals surface area contributed by atoms with Gasteiger partial charge in [-0.25, -0.2) is 0 Å². The summed E-state index contributed by atoms with van der Waals surface area (Å²) in [5.41, 5.74) is 0.617. The summed E-state index contributed by atoms with van der Waals surface area (Å²) in [4.78, 5) is -0.135. The molecule has 1 aromatic carbocycles. The molecule has 3 nitrogen and oxygen atoms in total. The van der Waals surface area contributed by atoms with E-state index in [2.05, 4.69) is 0 Å². The molecule has 0 amide bonds. The Labute approximate surface area is 104 Å². The van der Waals surface area contributed by atoms with E-state index in [0.29, 0.717) is 10.6 Å². The molecule has 0 aromatic heterocycles. The number of rotatable bonds is 1. The van der Waals surface area contributed by atoms with Gasteiger partial charge in [-0.1, -0.05) is 11.6 Å². The average Bonchev–Trinajstić information content (AvgIpc) is 1.92. The molecule has 0 atom stereocenters. The van der Waals surface area contributed by atoms with Crippen molar-refractivity contribution >= 4 is 51.3 Å². The average molecular weight is 230 g/mol. The molecule has 0 saturated carbocycles. The largest absolute Gasteiger partial charge is 0.294 e. The maximum atomic E-state index is 10.6. The molecule has 0 aliphatic carbocycles. The number of halogens is 1. The van der Waals surface area contributed by atoms with Crippen molar-refractivity contribution in [3.05, 3.63) is 28.8 Å². The topological polar surface area (TPSA) is 54.4 Å². The van der Waals surface area contributed by atoms with Crippen LogP contribution < -0.4 is 0 Å². The Bertz CT molecular complexity index is 402. The molecule has 67 valence electrons. The Kier molecular flexibility index (Phi) is 4.93. The molecular weight excluding hydrogens is 223 g/mol. The number of aryl methyl sites for hydroxylation is 1. The second kappa shape index (κ2) is 4.77. The van der Waals surface area contributed by atoms with Gasteiger partial charge in [0.1, 0.15) is 0 Å². The molecule has 0 aliphatic rings. The minimum absolute atomic E-state index is 0. The molecule has 1 rings (SSSR count). The van der Waals surface area contributed by atoms with Gasteiger partial charge in [-0.05, 0) is 30.7 Å². The van der Waals surface area contributed by atoms with E-state index in [1.54, 1.807) is 6.92 Å². The second-order valence-corrected chi connectivity index (χ2v) is 4.21. The normalized spacial score (nSPS) is 10.7. The summed E-state index contributed by atoms with van der Waals surface area (Å²) in [6.45, 7) is 1.66. The smallest absolute Gasteiger partial charge is 0.282 e. The zero-order chi connectivity index (χ0) is 9.35. The Morgan fingerprint density at radius 3 is 2.31 bits per heavy atom. The molecule has 0 aliphatic heterocycles. The van der Waals surface area contributed by atoms with Crippen LogP contribution in [0.25, 0.3) is 0 Å². The summed E-state index contributed by atoms with van der Waals surface area (Å²) in [6, 6.07) is 4.00. The van der Waals surface area contributed by atoms with Crippen LogP contribution in [0.2, 0.25) is 5.02 Å². The van der Waals surface area contributed by atoms with Crippen molar-refractivity contribution in [3.8, 4) is 0 Å². The van der Waals surface area contributed by atoms with Gasteiger partial charge in [-0.15, -0.1) is 0 Å². The van der Waals surface area contributed by atoms with E-state index in [-0.39, 0.29) is 34.5 Å². The van der Waals surface area contributed by atoms with Gasteiger partial charge < -0.3 is 0 Å². The first-order chi connectivity index (χ1) is 5.41. The van der Waals surface area contributed by atoms with Crippen molar-refractivity contribution in [1.82, 2.24) is 0 Å². The van der Waals surface area contributed by atoms with Crippen molar-refractivity contribution in [1.29, 1.82) is 0 Å². The van der Waals surface area contributed by atoms with Crippen LogP contribution in [0.5, 0.6) is 0 Å². The third kappa shape index (κ3) is 3.58. The molecule has 1 aromatic rings. The first-order valence-electron chi connectivity index (χ1n) is 3.15. The predicted octanol–water partition coefficient (Wildman–Crippen LogP) is 1.51. The van der Waals surface area contributed by atoms with E-state index in [9.17, 15) is 8.42 Å². The first-order valence-corrected chi connectivity index (χ1v) is 4.97. The van der Waals surface area contributed by atoms with Crippen LogP contribution in [-0.2, 0) is 10.1 Å². The minimum atomic E-state index is -4.10. The third-order valence-corrected chi connectivity index (χ3v) is 2.70. The maximum Gasteiger partial charge on any atom is 0.294 e. The zero-order valence-electron chi connectivity index (χ0n) is 7.28. The molecule has 0 saturated heterocycles. The van der Waals surface area contributed by atoms with Crippen LogP contribution in [0.15, 0.2) is 23.1 Å². The minimum Gasteiger partial charge on any atom is -0.282 e. The number of hydrogen-bond acceptors (Lipinski definition) is 2. The summed E-state index contributed by atoms with van der Waals surface area (Å²) >= 11 is 5.65. The first kappa shape index (κ1) is 13.4. The van der Waals surface area contributed by atoms with Crippen LogP contribution in [0.1, 0.15) is 5.56 Å². The van der Waals surface area contributed by atoms with Crippen LogP contribution in [0, 0.1) is 6.92 Å². The van der Waals surface area contributed by atoms with Crippen LogP contribution in [0.3, 0.4) is 0 Å². The van der Waals surface area contributed by atoms with Crippen LogP contribution >= 0.6 is 11.6 Å². The molecule has 1 N–H and O–H groups in total. The second-order valence-electron chi connectivity index (χ2n) is 2.39. The molecule has 0 fully saturated rings. The summed E-state index contributed by atoms with van der Waals surface area (Å²) in [6.07, 6.45) is 0. The fraction of sp³-hybridized carbons (Fsp3) is 0.143. The van der Waals surface area contributed by atoms with E-state index in [4.69, 9.17) is 16.2 Å². The van der Waals surface area contributed by atoms with Gasteiger partial charge in [0.25, 0.3) is 10.1 Å². The van der Waals surface area contributed by atoms with Gasteiger partial charge in [0, 0.05) is 34.6 Å². The van der Waals surface area contributed by atoms with E-state index >= 15 is 0 Å². The summed E-state index contributed by atoms with van der Waals surface area (Å²) in [5, 5.41) is 0.474. The van der Waals surface area contributed by atoms with E-state index in [0.717, 1.165) is 0 Å². The molecule has 0 bridgehead atoms. The van der Waals surface area contributed by atoms with Crippen LogP contribution in [0.4, 0.5) is 0 Å². The van der Waals surface area contributed by atoms with Crippen molar-refractivity contribution in [3.63, 3.8) is 0 Å². The molecule has 0 spiro atoms. The Hall–Kier alpha value is 0.420. The monoisotopic (exact) mass is 229 g/mol. The fourth-order valence-electron chi connectivity index (χ4n) is 0.778. The SMILES string of the molecule is Cc1cc(S(=O)(=O)O)ccc1Cl.[Na]. The van der Waals surface area contributed by atoms with Gasteiger partial charge in [0.15, 0.2) is 0 Å². The molecule has 0 unspecified atom stereocenters. The Balaban J connectivity index is 0.00000144. The molecular formula is C7H7ClNaO3S. The van der Waals surface area contributed by atoms with Crippen molar-refractivity contribution in [2.24, 2.45) is 0 Å². The summed E-state index contributed by atoms with van der Waals surface area (Å²) in [5.74, 6) is 0. The van der Waals surface area contributed by atoms with E-state index < -0.39 is 10.1 Å². The molecule has 13 heavy (non-hydrogen) atoms. The van der Waals surface area contributed by atoms with Crippen molar-refractivity contribution in [2.45, 2.75) is 11.8 Å². The Morgan fingerprint density at radius 1 is 1.38 bits per heavy atom. The molecule has 6 heteroatoms. The van der Waals surface area contributed by atoms with E-state index in [1.807, 2.05) is 0 Å². The fourth-order valence-corrected chi connectivity index (χ4v) is 1.46. The summed E-state index contributed by atoms with van der Waals surface area (Å²) in [7, 11) is -4.10. The third-order valence-electron chi connectivity index (χ3n) is 1.43. The van der Waals surface area contributed by atoms with Crippen molar-refractivity contribution in [2.75, 3.05) is 0 Å². The Morgan fingerprint density at radius 2 is 1.92 bits per heavy atom. The molecule has 1 radical (unpaired) electrons.